The molecule has 3 aromatic carbocycles. The third kappa shape index (κ3) is 14.9. The van der Waals surface area contributed by atoms with Crippen molar-refractivity contribution in [2.75, 3.05) is 13.7 Å². The summed E-state index contributed by atoms with van der Waals surface area (Å²) in [7, 11) is 1.24. The van der Waals surface area contributed by atoms with Crippen molar-refractivity contribution >= 4 is 17.7 Å². The van der Waals surface area contributed by atoms with Gasteiger partial charge in [-0.25, -0.2) is 24.5 Å². The monoisotopic (exact) mass is 857 g/mol. The van der Waals surface area contributed by atoms with Gasteiger partial charge in [0, 0.05) is 24.6 Å². The number of aromatic hydroxyl groups is 3. The molecule has 14 heteroatoms. The van der Waals surface area contributed by atoms with Gasteiger partial charge in [-0.05, 0) is 70.0 Å². The van der Waals surface area contributed by atoms with Gasteiger partial charge < -0.3 is 39.0 Å². The number of hydrogen-bond acceptors (Lipinski definition) is 14. The van der Waals surface area contributed by atoms with Gasteiger partial charge in [-0.2, -0.15) is 0 Å². The van der Waals surface area contributed by atoms with Crippen LogP contribution in [0.1, 0.15) is 125 Å². The molecular weight excluding hydrogens is 795 g/mol. The zero-order chi connectivity index (χ0) is 45.0. The van der Waals surface area contributed by atoms with Gasteiger partial charge in [-0.3, -0.25) is 4.79 Å². The highest BCUT2D eigenvalue weighted by Gasteiger charge is 2.23. The maximum atomic E-state index is 12.8. The summed E-state index contributed by atoms with van der Waals surface area (Å²) in [5, 5.41) is 33.7. The number of ketones is 1. The molecule has 4 rings (SSSR count). The van der Waals surface area contributed by atoms with Gasteiger partial charge in [0.05, 0.1) is 30.4 Å². The number of methoxy groups -OCH3 is 1. The summed E-state index contributed by atoms with van der Waals surface area (Å²) in [6.45, 7) is 9.40. The van der Waals surface area contributed by atoms with Crippen molar-refractivity contribution in [3.63, 3.8) is 0 Å². The molecule has 0 fully saturated rings. The number of carbonyl (C=O) groups is 3. The van der Waals surface area contributed by atoms with E-state index in [1.54, 1.807) is 26.0 Å². The Balaban J connectivity index is 1.58. The molecule has 0 saturated heterocycles. The van der Waals surface area contributed by atoms with Gasteiger partial charge in [0.1, 0.15) is 34.5 Å². The fourth-order valence-electron chi connectivity index (χ4n) is 6.63. The average molecular weight is 858 g/mol. The van der Waals surface area contributed by atoms with Gasteiger partial charge in [0.15, 0.2) is 41.6 Å². The molecule has 14 nitrogen and oxygen atoms in total. The number of nitrogens with zero attached hydrogens (tertiary/aromatic N) is 3. The predicted octanol–water partition coefficient (Wildman–Crippen LogP) is 10.1. The van der Waals surface area contributed by atoms with Crippen molar-refractivity contribution in [1.82, 2.24) is 15.0 Å². The number of esters is 2. The van der Waals surface area contributed by atoms with E-state index in [4.69, 9.17) is 23.7 Å². The first-order valence-corrected chi connectivity index (χ1v) is 21.9. The van der Waals surface area contributed by atoms with E-state index >= 15 is 0 Å². The molecule has 1 aromatic heterocycles. The summed E-state index contributed by atoms with van der Waals surface area (Å²) in [4.78, 5) is 51.2. The number of carbonyl (C=O) groups excluding carboxylic acids is 3. The fourth-order valence-corrected chi connectivity index (χ4v) is 6.63. The van der Waals surface area contributed by atoms with Crippen LogP contribution in [-0.4, -0.2) is 80.0 Å². The second-order valence-corrected chi connectivity index (χ2v) is 15.4. The number of ether oxygens (including phenoxy) is 5. The van der Waals surface area contributed by atoms with E-state index in [9.17, 15) is 29.7 Å². The molecule has 4 aromatic rings. The SMILES string of the molecule is CCCCCCCCCC(=O)C(C)Oc1ccc(-c2nc(-c3ccc(OC(C)C(=O)OC)cc3O)nc(-c3ccc(OC(C)C(=O)OCCCCCCCC)cc3O)n2)c(O)c1. The lowest BCUT2D eigenvalue weighted by molar-refractivity contribution is -0.151. The van der Waals surface area contributed by atoms with E-state index < -0.39 is 30.3 Å². The third-order valence-electron chi connectivity index (χ3n) is 10.3. The zero-order valence-corrected chi connectivity index (χ0v) is 37.0. The lowest BCUT2D eigenvalue weighted by atomic mass is 10.1. The molecule has 0 aliphatic carbocycles. The van der Waals surface area contributed by atoms with Crippen LogP contribution in [0.15, 0.2) is 54.6 Å². The Morgan fingerprint density at radius 3 is 1.29 bits per heavy atom. The van der Waals surface area contributed by atoms with Crippen molar-refractivity contribution in [3.8, 4) is 68.7 Å². The Kier molecular flexibility index (Phi) is 19.7. The smallest absolute Gasteiger partial charge is 0.347 e. The predicted molar refractivity (Wildman–Crippen MR) is 235 cm³/mol. The van der Waals surface area contributed by atoms with E-state index in [2.05, 4.69) is 28.8 Å². The molecule has 336 valence electrons. The van der Waals surface area contributed by atoms with E-state index in [1.165, 1.54) is 88.6 Å². The number of Topliss-reactive ketones (excluding diaryl/α,β-unsaturated/α-hetero) is 1. The zero-order valence-electron chi connectivity index (χ0n) is 37.0. The van der Waals surface area contributed by atoms with Gasteiger partial charge in [0.25, 0.3) is 0 Å². The Morgan fingerprint density at radius 1 is 0.516 bits per heavy atom. The fraction of sp³-hybridized carbons (Fsp3) is 0.500. The number of benzene rings is 3. The van der Waals surface area contributed by atoms with Crippen LogP contribution in [-0.2, 0) is 23.9 Å². The summed E-state index contributed by atoms with van der Waals surface area (Å²) in [5.41, 5.74) is 0.469. The third-order valence-corrected chi connectivity index (χ3v) is 10.3. The first-order valence-electron chi connectivity index (χ1n) is 21.9. The van der Waals surface area contributed by atoms with Crippen LogP contribution in [0.4, 0.5) is 0 Å². The molecule has 0 radical (unpaired) electrons. The first kappa shape index (κ1) is 48.7. The van der Waals surface area contributed by atoms with Crippen LogP contribution in [0.5, 0.6) is 34.5 Å². The van der Waals surface area contributed by atoms with Gasteiger partial charge in [-0.15, -0.1) is 0 Å². The maximum absolute atomic E-state index is 12.8. The molecular formula is C48H63N3O11. The Morgan fingerprint density at radius 2 is 0.887 bits per heavy atom. The Labute approximate surface area is 365 Å². The number of hydrogen-bond donors (Lipinski definition) is 3. The standard InChI is InChI=1S/C48H63N3O11/c1-7-9-11-13-15-16-18-20-40(52)31(3)60-34-21-24-37(41(53)28-34)44-49-45(38-25-22-35(29-42(38)54)61-32(4)47(56)58-6)51-46(50-44)39-26-23-36(30-43(39)55)62-33(5)48(57)59-27-19-17-14-12-10-8-2/h21-26,28-33,53-55H,7-20,27H2,1-6H3. The van der Waals surface area contributed by atoms with Crippen molar-refractivity contribution in [3.05, 3.63) is 54.6 Å². The molecule has 3 N–H and O–H groups in total. The van der Waals surface area contributed by atoms with Gasteiger partial charge in [-0.1, -0.05) is 84.5 Å². The Hall–Kier alpha value is -5.92. The average Bonchev–Trinajstić information content (AvgIpc) is 3.25. The molecule has 62 heavy (non-hydrogen) atoms. The minimum absolute atomic E-state index is 0.0161. The van der Waals surface area contributed by atoms with Crippen LogP contribution < -0.4 is 14.2 Å². The number of phenols is 3. The number of phenolic OH excluding ortho intramolecular Hbond substituents is 3. The number of rotatable bonds is 27. The maximum Gasteiger partial charge on any atom is 0.347 e. The number of aromatic nitrogens is 3. The van der Waals surface area contributed by atoms with Crippen LogP contribution in [0.2, 0.25) is 0 Å². The second kappa shape index (κ2) is 25.1. The topological polar surface area (TPSA) is 197 Å². The lowest BCUT2D eigenvalue weighted by Crippen LogP contribution is -2.26. The second-order valence-electron chi connectivity index (χ2n) is 15.4. The van der Waals surface area contributed by atoms with Crippen molar-refractivity contribution in [1.29, 1.82) is 0 Å². The number of unbranched alkanes of at least 4 members (excludes halogenated alkanes) is 11. The van der Waals surface area contributed by atoms with Gasteiger partial charge >= 0.3 is 11.9 Å². The highest BCUT2D eigenvalue weighted by atomic mass is 16.6. The molecule has 1 heterocycles. The minimum atomic E-state index is -0.949. The van der Waals surface area contributed by atoms with Crippen LogP contribution in [0, 0.1) is 0 Å². The normalized spacial score (nSPS) is 12.5. The quantitative estimate of drug-likeness (QED) is 0.0378. The van der Waals surface area contributed by atoms with E-state index in [0.29, 0.717) is 13.0 Å². The minimum Gasteiger partial charge on any atom is -0.507 e. The van der Waals surface area contributed by atoms with E-state index in [0.717, 1.165) is 51.4 Å². The van der Waals surface area contributed by atoms with Crippen molar-refractivity contribution in [2.45, 2.75) is 143 Å². The molecule has 0 saturated carbocycles. The highest BCUT2D eigenvalue weighted by molar-refractivity contribution is 5.83. The largest absolute Gasteiger partial charge is 0.507 e. The molecule has 3 atom stereocenters. The highest BCUT2D eigenvalue weighted by Crippen LogP contribution is 2.38. The molecule has 0 bridgehead atoms. The summed E-state index contributed by atoms with van der Waals surface area (Å²) in [5.74, 6) is -1.42. The van der Waals surface area contributed by atoms with Crippen LogP contribution in [0.25, 0.3) is 34.2 Å². The van der Waals surface area contributed by atoms with Crippen LogP contribution in [0.3, 0.4) is 0 Å². The Bertz CT molecular complexity index is 1970. The molecule has 0 spiro atoms. The van der Waals surface area contributed by atoms with Crippen molar-refractivity contribution < 1.29 is 53.4 Å². The van der Waals surface area contributed by atoms with E-state index in [1.807, 2.05) is 0 Å². The summed E-state index contributed by atoms with van der Waals surface area (Å²) in [6, 6.07) is 13.2. The van der Waals surface area contributed by atoms with Gasteiger partial charge in [0.2, 0.25) is 0 Å². The van der Waals surface area contributed by atoms with Crippen LogP contribution >= 0.6 is 0 Å². The molecule has 0 amide bonds. The summed E-state index contributed by atoms with van der Waals surface area (Å²) < 4.78 is 27.5. The molecule has 0 aliphatic rings. The molecule has 3 unspecified atom stereocenters. The summed E-state index contributed by atoms with van der Waals surface area (Å²) >= 11 is 0. The lowest BCUT2D eigenvalue weighted by Gasteiger charge is -2.16. The first-order chi connectivity index (χ1) is 29.8. The summed E-state index contributed by atoms with van der Waals surface area (Å²) in [6.07, 6.45) is 11.8. The molecule has 0 aliphatic heterocycles. The van der Waals surface area contributed by atoms with Crippen molar-refractivity contribution in [2.24, 2.45) is 0 Å². The van der Waals surface area contributed by atoms with E-state index in [-0.39, 0.29) is 74.4 Å².